The molecule has 0 atom stereocenters. The highest BCUT2D eigenvalue weighted by atomic mass is 16.5. The van der Waals surface area contributed by atoms with Crippen LogP contribution in [0.15, 0.2) is 18.2 Å². The average molecular weight is 238 g/mol. The summed E-state index contributed by atoms with van der Waals surface area (Å²) in [5.74, 6) is 1.51. The Bertz CT molecular complexity index is 358. The number of methoxy groups -OCH3 is 1. The molecule has 0 aliphatic rings. The third-order valence-electron chi connectivity index (χ3n) is 2.64. The molecule has 0 spiro atoms. The summed E-state index contributed by atoms with van der Waals surface area (Å²) in [4.78, 5) is 0. The molecule has 1 aromatic rings. The van der Waals surface area contributed by atoms with Crippen LogP contribution >= 0.6 is 0 Å². The molecule has 1 N–H and O–H groups in total. The second-order valence-electron chi connectivity index (χ2n) is 4.92. The zero-order valence-corrected chi connectivity index (χ0v) is 11.1. The highest BCUT2D eigenvalue weighted by Crippen LogP contribution is 2.30. The number of hydrogen-bond acceptors (Lipinski definition) is 3. The molecule has 17 heavy (non-hydrogen) atoms. The van der Waals surface area contributed by atoms with Crippen LogP contribution in [0.3, 0.4) is 0 Å². The summed E-state index contributed by atoms with van der Waals surface area (Å²) in [7, 11) is 1.64. The van der Waals surface area contributed by atoms with Gasteiger partial charge in [-0.15, -0.1) is 0 Å². The van der Waals surface area contributed by atoms with E-state index >= 15 is 0 Å². The molecule has 0 amide bonds. The Morgan fingerprint density at radius 1 is 1.24 bits per heavy atom. The van der Waals surface area contributed by atoms with Gasteiger partial charge >= 0.3 is 0 Å². The summed E-state index contributed by atoms with van der Waals surface area (Å²) in [5, 5.41) is 9.26. The summed E-state index contributed by atoms with van der Waals surface area (Å²) in [5.41, 5.74) is 1.03. The molecule has 0 heterocycles. The second kappa shape index (κ2) is 5.92. The van der Waals surface area contributed by atoms with Crippen LogP contribution in [0.4, 0.5) is 0 Å². The first kappa shape index (κ1) is 13.8. The van der Waals surface area contributed by atoms with Gasteiger partial charge in [0.25, 0.3) is 0 Å². The number of aliphatic hydroxyl groups is 1. The minimum absolute atomic E-state index is 0.113. The van der Waals surface area contributed by atoms with Gasteiger partial charge in [-0.25, -0.2) is 0 Å². The van der Waals surface area contributed by atoms with Crippen LogP contribution in [-0.4, -0.2) is 25.4 Å². The molecule has 0 radical (unpaired) electrons. The van der Waals surface area contributed by atoms with Crippen LogP contribution in [0.1, 0.15) is 26.3 Å². The summed E-state index contributed by atoms with van der Waals surface area (Å²) in [6, 6.07) is 5.92. The molecule has 3 heteroatoms. The van der Waals surface area contributed by atoms with Gasteiger partial charge < -0.3 is 14.6 Å². The van der Waals surface area contributed by atoms with Gasteiger partial charge in [-0.05, 0) is 36.5 Å². The highest BCUT2D eigenvalue weighted by Gasteiger charge is 2.18. The van der Waals surface area contributed by atoms with Crippen molar-refractivity contribution in [3.63, 3.8) is 0 Å². The summed E-state index contributed by atoms with van der Waals surface area (Å²) in [6.45, 7) is 6.81. The van der Waals surface area contributed by atoms with Gasteiger partial charge in [0.05, 0.1) is 13.7 Å². The molecule has 0 aromatic heterocycles. The van der Waals surface area contributed by atoms with Crippen molar-refractivity contribution in [2.75, 3.05) is 20.3 Å². The van der Waals surface area contributed by atoms with Crippen LogP contribution in [-0.2, 0) is 6.42 Å². The fourth-order valence-electron chi connectivity index (χ4n) is 1.71. The fourth-order valence-corrected chi connectivity index (χ4v) is 1.71. The van der Waals surface area contributed by atoms with E-state index in [0.29, 0.717) is 6.61 Å². The lowest BCUT2D eigenvalue weighted by Crippen LogP contribution is -2.19. The predicted octanol–water partition coefficient (Wildman–Crippen LogP) is 2.65. The summed E-state index contributed by atoms with van der Waals surface area (Å²) in [6.07, 6.45) is 0.812. The van der Waals surface area contributed by atoms with E-state index in [2.05, 4.69) is 0 Å². The number of aliphatic hydroxyl groups excluding tert-OH is 1. The molecular weight excluding hydrogens is 216 g/mol. The van der Waals surface area contributed by atoms with Crippen molar-refractivity contribution in [2.45, 2.75) is 27.2 Å². The standard InChI is InChI=1S/C14H22O3/c1-5-17-12-7-6-11(8-13(12)16-4)9-14(2,3)10-15/h6-8,15H,5,9-10H2,1-4H3. The number of benzene rings is 1. The highest BCUT2D eigenvalue weighted by molar-refractivity contribution is 5.43. The molecule has 1 rings (SSSR count). The normalized spacial score (nSPS) is 11.4. The van der Waals surface area contributed by atoms with E-state index in [1.807, 2.05) is 39.0 Å². The molecule has 96 valence electrons. The Labute approximate surface area is 103 Å². The predicted molar refractivity (Wildman–Crippen MR) is 68.7 cm³/mol. The molecule has 0 fully saturated rings. The Kier molecular flexibility index (Phi) is 4.82. The van der Waals surface area contributed by atoms with E-state index in [1.54, 1.807) is 7.11 Å². The molecule has 3 nitrogen and oxygen atoms in total. The molecule has 1 aromatic carbocycles. The maximum absolute atomic E-state index is 9.26. The Balaban J connectivity index is 2.89. The number of hydrogen-bond donors (Lipinski definition) is 1. The zero-order valence-electron chi connectivity index (χ0n) is 11.1. The van der Waals surface area contributed by atoms with Gasteiger partial charge in [-0.2, -0.15) is 0 Å². The van der Waals surface area contributed by atoms with Crippen molar-refractivity contribution >= 4 is 0 Å². The lowest BCUT2D eigenvalue weighted by molar-refractivity contribution is 0.159. The first-order chi connectivity index (χ1) is 8.02. The minimum Gasteiger partial charge on any atom is -0.493 e. The third kappa shape index (κ3) is 3.93. The Morgan fingerprint density at radius 3 is 2.47 bits per heavy atom. The molecular formula is C14H22O3. The van der Waals surface area contributed by atoms with E-state index in [0.717, 1.165) is 23.5 Å². The van der Waals surface area contributed by atoms with Gasteiger partial charge in [0, 0.05) is 6.61 Å². The van der Waals surface area contributed by atoms with Gasteiger partial charge in [0.1, 0.15) is 0 Å². The number of rotatable bonds is 6. The average Bonchev–Trinajstić information content (AvgIpc) is 2.31. The second-order valence-corrected chi connectivity index (χ2v) is 4.92. The van der Waals surface area contributed by atoms with E-state index in [4.69, 9.17) is 9.47 Å². The van der Waals surface area contributed by atoms with Crippen molar-refractivity contribution in [1.82, 2.24) is 0 Å². The van der Waals surface area contributed by atoms with Crippen LogP contribution in [0, 0.1) is 5.41 Å². The van der Waals surface area contributed by atoms with Gasteiger partial charge in [-0.1, -0.05) is 19.9 Å². The van der Waals surface area contributed by atoms with Crippen LogP contribution in [0.25, 0.3) is 0 Å². The molecule has 0 unspecified atom stereocenters. The van der Waals surface area contributed by atoms with Crippen LogP contribution in [0.5, 0.6) is 11.5 Å². The van der Waals surface area contributed by atoms with Crippen molar-refractivity contribution < 1.29 is 14.6 Å². The molecule has 0 saturated carbocycles. The van der Waals surface area contributed by atoms with E-state index < -0.39 is 0 Å². The Hall–Kier alpha value is -1.22. The first-order valence-corrected chi connectivity index (χ1v) is 5.93. The summed E-state index contributed by atoms with van der Waals surface area (Å²) < 4.78 is 10.8. The Morgan fingerprint density at radius 2 is 1.94 bits per heavy atom. The van der Waals surface area contributed by atoms with Crippen molar-refractivity contribution in [3.05, 3.63) is 23.8 Å². The maximum atomic E-state index is 9.26. The van der Waals surface area contributed by atoms with Gasteiger partial charge in [0.2, 0.25) is 0 Å². The topological polar surface area (TPSA) is 38.7 Å². The molecule has 0 aliphatic heterocycles. The van der Waals surface area contributed by atoms with E-state index in [9.17, 15) is 5.11 Å². The SMILES string of the molecule is CCOc1ccc(CC(C)(C)CO)cc1OC. The van der Waals surface area contributed by atoms with E-state index in [-0.39, 0.29) is 12.0 Å². The van der Waals surface area contributed by atoms with Crippen molar-refractivity contribution in [1.29, 1.82) is 0 Å². The fraction of sp³-hybridized carbons (Fsp3) is 0.571. The van der Waals surface area contributed by atoms with Gasteiger partial charge in [-0.3, -0.25) is 0 Å². The molecule has 0 saturated heterocycles. The monoisotopic (exact) mass is 238 g/mol. The summed E-state index contributed by atoms with van der Waals surface area (Å²) >= 11 is 0. The smallest absolute Gasteiger partial charge is 0.161 e. The van der Waals surface area contributed by atoms with Crippen molar-refractivity contribution in [2.24, 2.45) is 5.41 Å². The third-order valence-corrected chi connectivity index (χ3v) is 2.64. The number of ether oxygens (including phenoxy) is 2. The van der Waals surface area contributed by atoms with Crippen molar-refractivity contribution in [3.8, 4) is 11.5 Å². The lowest BCUT2D eigenvalue weighted by Gasteiger charge is -2.22. The largest absolute Gasteiger partial charge is 0.493 e. The van der Waals surface area contributed by atoms with Crippen LogP contribution in [0.2, 0.25) is 0 Å². The quantitative estimate of drug-likeness (QED) is 0.828. The first-order valence-electron chi connectivity index (χ1n) is 5.93. The lowest BCUT2D eigenvalue weighted by atomic mass is 9.87. The van der Waals surface area contributed by atoms with Gasteiger partial charge in [0.15, 0.2) is 11.5 Å². The molecule has 0 bridgehead atoms. The van der Waals surface area contributed by atoms with E-state index in [1.165, 1.54) is 0 Å². The van der Waals surface area contributed by atoms with Crippen LogP contribution < -0.4 is 9.47 Å². The molecule has 0 aliphatic carbocycles. The maximum Gasteiger partial charge on any atom is 0.161 e. The minimum atomic E-state index is -0.113. The zero-order chi connectivity index (χ0) is 12.9.